The lowest BCUT2D eigenvalue weighted by Crippen LogP contribution is -2.13. The molecule has 21 heavy (non-hydrogen) atoms. The lowest BCUT2D eigenvalue weighted by atomic mass is 10.1. The van der Waals surface area contributed by atoms with Gasteiger partial charge in [-0.05, 0) is 42.3 Å². The van der Waals surface area contributed by atoms with E-state index >= 15 is 0 Å². The van der Waals surface area contributed by atoms with Gasteiger partial charge in [-0.15, -0.1) is 0 Å². The first-order chi connectivity index (χ1) is 10.0. The zero-order valence-electron chi connectivity index (χ0n) is 11.5. The molecule has 0 fully saturated rings. The molecule has 0 saturated carbocycles. The van der Waals surface area contributed by atoms with Crippen LogP contribution in [0.1, 0.15) is 31.8 Å². The standard InChI is InChI=1S/C16H15NO4/c1-10-2-5-13(16(20)21)8-14(10)17-15(19)12-6-3-11(9-18)4-7-12/h2-8,18H,9H2,1H3,(H,17,19)(H,20,21). The Balaban J connectivity index is 2.22. The van der Waals surface area contributed by atoms with Crippen molar-refractivity contribution in [2.75, 3.05) is 5.32 Å². The van der Waals surface area contributed by atoms with Gasteiger partial charge < -0.3 is 15.5 Å². The monoisotopic (exact) mass is 285 g/mol. The molecule has 5 nitrogen and oxygen atoms in total. The summed E-state index contributed by atoms with van der Waals surface area (Å²) in [6.45, 7) is 1.71. The highest BCUT2D eigenvalue weighted by Gasteiger charge is 2.10. The summed E-state index contributed by atoms with van der Waals surface area (Å²) in [7, 11) is 0. The number of aliphatic hydroxyl groups is 1. The van der Waals surface area contributed by atoms with E-state index in [1.807, 2.05) is 0 Å². The number of aryl methyl sites for hydroxylation is 1. The lowest BCUT2D eigenvalue weighted by molar-refractivity contribution is 0.0696. The molecule has 0 spiro atoms. The highest BCUT2D eigenvalue weighted by Crippen LogP contribution is 2.18. The second-order valence-electron chi connectivity index (χ2n) is 4.64. The van der Waals surface area contributed by atoms with E-state index in [4.69, 9.17) is 10.2 Å². The maximum atomic E-state index is 12.1. The van der Waals surface area contributed by atoms with Gasteiger partial charge in [-0.3, -0.25) is 4.79 Å². The van der Waals surface area contributed by atoms with Crippen LogP contribution in [0.2, 0.25) is 0 Å². The summed E-state index contributed by atoms with van der Waals surface area (Å²) >= 11 is 0. The Morgan fingerprint density at radius 1 is 1.05 bits per heavy atom. The fourth-order valence-corrected chi connectivity index (χ4v) is 1.85. The molecule has 5 heteroatoms. The summed E-state index contributed by atoms with van der Waals surface area (Å²) in [5, 5.41) is 20.6. The number of aliphatic hydroxyl groups excluding tert-OH is 1. The predicted molar refractivity (Wildman–Crippen MR) is 78.5 cm³/mol. The van der Waals surface area contributed by atoms with Crippen molar-refractivity contribution in [3.8, 4) is 0 Å². The Bertz CT molecular complexity index is 677. The van der Waals surface area contributed by atoms with Crippen molar-refractivity contribution in [1.82, 2.24) is 0 Å². The number of carbonyl (C=O) groups is 2. The van der Waals surface area contributed by atoms with Crippen molar-refractivity contribution in [2.24, 2.45) is 0 Å². The van der Waals surface area contributed by atoms with Gasteiger partial charge in [-0.2, -0.15) is 0 Å². The van der Waals surface area contributed by atoms with Crippen LogP contribution >= 0.6 is 0 Å². The number of benzene rings is 2. The minimum atomic E-state index is -1.04. The van der Waals surface area contributed by atoms with Gasteiger partial charge in [0.15, 0.2) is 0 Å². The number of amides is 1. The molecule has 0 saturated heterocycles. The van der Waals surface area contributed by atoms with Crippen molar-refractivity contribution >= 4 is 17.6 Å². The number of rotatable bonds is 4. The third kappa shape index (κ3) is 3.46. The predicted octanol–water partition coefficient (Wildman–Crippen LogP) is 2.44. The summed E-state index contributed by atoms with van der Waals surface area (Å²) in [4.78, 5) is 23.1. The summed E-state index contributed by atoms with van der Waals surface area (Å²) in [6, 6.07) is 11.1. The van der Waals surface area contributed by atoms with Crippen molar-refractivity contribution < 1.29 is 19.8 Å². The van der Waals surface area contributed by atoms with Gasteiger partial charge in [0.1, 0.15) is 0 Å². The van der Waals surface area contributed by atoms with Gasteiger partial charge >= 0.3 is 5.97 Å². The van der Waals surface area contributed by atoms with Crippen LogP contribution in [0.4, 0.5) is 5.69 Å². The van der Waals surface area contributed by atoms with E-state index in [2.05, 4.69) is 5.32 Å². The van der Waals surface area contributed by atoms with Gasteiger partial charge in [0.2, 0.25) is 0 Å². The van der Waals surface area contributed by atoms with Crippen molar-refractivity contribution in [2.45, 2.75) is 13.5 Å². The van der Waals surface area contributed by atoms with Crippen LogP contribution in [0, 0.1) is 6.92 Å². The molecule has 2 aromatic rings. The maximum absolute atomic E-state index is 12.1. The Morgan fingerprint density at radius 3 is 2.24 bits per heavy atom. The summed E-state index contributed by atoms with van der Waals surface area (Å²) < 4.78 is 0. The molecule has 2 aromatic carbocycles. The molecule has 0 aliphatic carbocycles. The van der Waals surface area contributed by atoms with Crippen LogP contribution in [-0.2, 0) is 6.61 Å². The van der Waals surface area contributed by atoms with E-state index in [0.29, 0.717) is 11.3 Å². The largest absolute Gasteiger partial charge is 0.478 e. The molecule has 0 atom stereocenters. The van der Waals surface area contributed by atoms with Crippen molar-refractivity contribution in [3.05, 3.63) is 64.7 Å². The van der Waals surface area contributed by atoms with Gasteiger partial charge in [-0.1, -0.05) is 18.2 Å². The molecule has 0 heterocycles. The molecular weight excluding hydrogens is 270 g/mol. The average molecular weight is 285 g/mol. The minimum absolute atomic E-state index is 0.0817. The minimum Gasteiger partial charge on any atom is -0.478 e. The third-order valence-corrected chi connectivity index (χ3v) is 3.13. The van der Waals surface area contributed by atoms with Gasteiger partial charge in [0, 0.05) is 11.3 Å². The Morgan fingerprint density at radius 2 is 1.67 bits per heavy atom. The first-order valence-corrected chi connectivity index (χ1v) is 6.36. The second kappa shape index (κ2) is 6.19. The van der Waals surface area contributed by atoms with Crippen molar-refractivity contribution in [3.63, 3.8) is 0 Å². The summed E-state index contributed by atoms with van der Waals surface area (Å²) in [5.41, 5.74) is 2.51. The third-order valence-electron chi connectivity index (χ3n) is 3.13. The zero-order chi connectivity index (χ0) is 15.4. The number of carbonyl (C=O) groups excluding carboxylic acids is 1. The molecule has 0 aliphatic rings. The number of hydrogen-bond donors (Lipinski definition) is 3. The molecule has 1 amide bonds. The van der Waals surface area contributed by atoms with Crippen LogP contribution in [0.5, 0.6) is 0 Å². The van der Waals surface area contributed by atoms with E-state index in [1.165, 1.54) is 12.1 Å². The van der Waals surface area contributed by atoms with E-state index in [-0.39, 0.29) is 18.1 Å². The molecule has 2 rings (SSSR count). The molecule has 108 valence electrons. The van der Waals surface area contributed by atoms with E-state index < -0.39 is 5.97 Å². The van der Waals surface area contributed by atoms with Crippen molar-refractivity contribution in [1.29, 1.82) is 0 Å². The molecule has 0 radical (unpaired) electrons. The fraction of sp³-hybridized carbons (Fsp3) is 0.125. The summed E-state index contributed by atoms with van der Waals surface area (Å²) in [6.07, 6.45) is 0. The molecular formula is C16H15NO4. The maximum Gasteiger partial charge on any atom is 0.335 e. The van der Waals surface area contributed by atoms with Gasteiger partial charge in [0.25, 0.3) is 5.91 Å². The Labute approximate surface area is 121 Å². The number of carboxylic acids is 1. The van der Waals surface area contributed by atoms with Crippen LogP contribution in [0.3, 0.4) is 0 Å². The highest BCUT2D eigenvalue weighted by atomic mass is 16.4. The smallest absolute Gasteiger partial charge is 0.335 e. The van der Waals surface area contributed by atoms with E-state index in [1.54, 1.807) is 37.3 Å². The SMILES string of the molecule is Cc1ccc(C(=O)O)cc1NC(=O)c1ccc(CO)cc1. The molecule has 0 bridgehead atoms. The fourth-order valence-electron chi connectivity index (χ4n) is 1.85. The normalized spacial score (nSPS) is 10.2. The first-order valence-electron chi connectivity index (χ1n) is 6.36. The van der Waals surface area contributed by atoms with E-state index in [9.17, 15) is 9.59 Å². The number of anilines is 1. The Kier molecular flexibility index (Phi) is 4.35. The number of carboxylic acid groups (broad SMARTS) is 1. The Hall–Kier alpha value is -2.66. The van der Waals surface area contributed by atoms with E-state index in [0.717, 1.165) is 11.1 Å². The highest BCUT2D eigenvalue weighted by molar-refractivity contribution is 6.05. The molecule has 0 aliphatic heterocycles. The first kappa shape index (κ1) is 14.7. The number of aromatic carboxylic acids is 1. The van der Waals surface area contributed by atoms with Gasteiger partial charge in [-0.25, -0.2) is 4.79 Å². The number of hydrogen-bond acceptors (Lipinski definition) is 3. The topological polar surface area (TPSA) is 86.6 Å². The quantitative estimate of drug-likeness (QED) is 0.805. The summed E-state index contributed by atoms with van der Waals surface area (Å²) in [5.74, 6) is -1.37. The van der Waals surface area contributed by atoms with Gasteiger partial charge in [0.05, 0.1) is 12.2 Å². The van der Waals surface area contributed by atoms with Crippen LogP contribution in [0.15, 0.2) is 42.5 Å². The second-order valence-corrected chi connectivity index (χ2v) is 4.64. The average Bonchev–Trinajstić information content (AvgIpc) is 2.49. The molecule has 0 aromatic heterocycles. The van der Waals surface area contributed by atoms with Crippen LogP contribution < -0.4 is 5.32 Å². The zero-order valence-corrected chi connectivity index (χ0v) is 11.5. The molecule has 0 unspecified atom stereocenters. The molecule has 3 N–H and O–H groups in total. The lowest BCUT2D eigenvalue weighted by Gasteiger charge is -2.09. The van der Waals surface area contributed by atoms with Crippen LogP contribution in [-0.4, -0.2) is 22.1 Å². The van der Waals surface area contributed by atoms with Crippen LogP contribution in [0.25, 0.3) is 0 Å². The number of nitrogens with one attached hydrogen (secondary N) is 1.